The summed E-state index contributed by atoms with van der Waals surface area (Å²) >= 11 is 0. The van der Waals surface area contributed by atoms with E-state index in [0.717, 1.165) is 6.42 Å². The minimum absolute atomic E-state index is 0.0608. The smallest absolute Gasteiger partial charge is 0.354 e. The highest BCUT2D eigenvalue weighted by Gasteiger charge is 2.15. The van der Waals surface area contributed by atoms with E-state index in [1.54, 1.807) is 12.1 Å². The lowest BCUT2D eigenvalue weighted by molar-refractivity contribution is 0.0629. The Morgan fingerprint density at radius 2 is 2.33 bits per heavy atom. The molecule has 0 saturated heterocycles. The number of aromatic nitrogens is 1. The second-order valence-electron chi connectivity index (χ2n) is 3.28. The third-order valence-corrected chi connectivity index (χ3v) is 2.23. The highest BCUT2D eigenvalue weighted by Crippen LogP contribution is 2.22. The predicted octanol–water partition coefficient (Wildman–Crippen LogP) is 1.80. The second-order valence-corrected chi connectivity index (χ2v) is 3.28. The summed E-state index contributed by atoms with van der Waals surface area (Å²) in [5.74, 6) is -1.01. The van der Waals surface area contributed by atoms with Gasteiger partial charge in [0, 0.05) is 0 Å². The monoisotopic (exact) mass is 205 g/mol. The van der Waals surface area contributed by atoms with Crippen LogP contribution in [-0.4, -0.2) is 22.7 Å². The van der Waals surface area contributed by atoms with Gasteiger partial charge in [0.05, 0.1) is 12.3 Å². The Hall–Kier alpha value is -1.68. The maximum absolute atomic E-state index is 10.7. The van der Waals surface area contributed by atoms with Crippen LogP contribution < -0.4 is 0 Å². The Morgan fingerprint density at radius 1 is 1.47 bits per heavy atom. The van der Waals surface area contributed by atoms with Gasteiger partial charge in [-0.1, -0.05) is 18.2 Å². The molecule has 4 nitrogen and oxygen atoms in total. The number of ether oxygens (including phenoxy) is 1. The minimum Gasteiger partial charge on any atom is -0.477 e. The van der Waals surface area contributed by atoms with Crippen molar-refractivity contribution in [2.24, 2.45) is 0 Å². The summed E-state index contributed by atoms with van der Waals surface area (Å²) in [6, 6.07) is 4.95. The molecule has 1 N–H and O–H groups in total. The normalized spacial score (nSPS) is 20.1. The fraction of sp³-hybridized carbons (Fsp3) is 0.273. The van der Waals surface area contributed by atoms with Crippen LogP contribution in [0.3, 0.4) is 0 Å². The topological polar surface area (TPSA) is 59.4 Å². The minimum atomic E-state index is -1.01. The molecule has 15 heavy (non-hydrogen) atoms. The number of rotatable bonds is 2. The number of carbonyl (C=O) groups is 1. The van der Waals surface area contributed by atoms with Crippen LogP contribution in [0.25, 0.3) is 0 Å². The van der Waals surface area contributed by atoms with Crippen molar-refractivity contribution in [3.05, 3.63) is 41.7 Å². The van der Waals surface area contributed by atoms with Gasteiger partial charge in [-0.05, 0) is 18.6 Å². The summed E-state index contributed by atoms with van der Waals surface area (Å²) in [4.78, 5) is 14.8. The van der Waals surface area contributed by atoms with E-state index in [4.69, 9.17) is 9.84 Å². The van der Waals surface area contributed by atoms with Gasteiger partial charge in [0.2, 0.25) is 0 Å². The number of carboxylic acid groups (broad SMARTS) is 1. The van der Waals surface area contributed by atoms with Crippen LogP contribution in [0.1, 0.15) is 28.7 Å². The van der Waals surface area contributed by atoms with E-state index in [1.165, 1.54) is 6.07 Å². The molecule has 1 unspecified atom stereocenters. The van der Waals surface area contributed by atoms with E-state index in [9.17, 15) is 4.79 Å². The molecule has 0 spiro atoms. The van der Waals surface area contributed by atoms with Crippen molar-refractivity contribution in [2.75, 3.05) is 6.61 Å². The Bertz CT molecular complexity index is 401. The van der Waals surface area contributed by atoms with Crippen LogP contribution in [0.2, 0.25) is 0 Å². The summed E-state index contributed by atoms with van der Waals surface area (Å²) in [5.41, 5.74) is 0.741. The van der Waals surface area contributed by atoms with Gasteiger partial charge in [-0.15, -0.1) is 0 Å². The van der Waals surface area contributed by atoms with Gasteiger partial charge in [-0.3, -0.25) is 0 Å². The maximum atomic E-state index is 10.7. The third kappa shape index (κ3) is 2.22. The molecular formula is C11H11NO3. The average Bonchev–Trinajstić information content (AvgIpc) is 2.30. The van der Waals surface area contributed by atoms with E-state index in [2.05, 4.69) is 4.98 Å². The molecule has 0 aliphatic carbocycles. The number of carboxylic acids is 1. The Kier molecular flexibility index (Phi) is 2.78. The zero-order valence-electron chi connectivity index (χ0n) is 8.09. The zero-order valence-corrected chi connectivity index (χ0v) is 8.09. The molecule has 1 atom stereocenters. The van der Waals surface area contributed by atoms with Crippen LogP contribution in [0.15, 0.2) is 30.4 Å². The van der Waals surface area contributed by atoms with Gasteiger partial charge in [-0.2, -0.15) is 0 Å². The fourth-order valence-corrected chi connectivity index (χ4v) is 1.48. The largest absolute Gasteiger partial charge is 0.477 e. The molecule has 0 amide bonds. The van der Waals surface area contributed by atoms with Gasteiger partial charge >= 0.3 is 5.97 Å². The molecule has 78 valence electrons. The molecule has 1 aliphatic heterocycles. The molecule has 1 aromatic rings. The average molecular weight is 205 g/mol. The Balaban J connectivity index is 2.24. The first-order valence-electron chi connectivity index (χ1n) is 4.74. The third-order valence-electron chi connectivity index (χ3n) is 2.23. The van der Waals surface area contributed by atoms with Crippen LogP contribution in [0, 0.1) is 0 Å². The lowest BCUT2D eigenvalue weighted by Crippen LogP contribution is -2.11. The summed E-state index contributed by atoms with van der Waals surface area (Å²) in [6.07, 6.45) is 4.59. The zero-order chi connectivity index (χ0) is 10.7. The van der Waals surface area contributed by atoms with E-state index >= 15 is 0 Å². The van der Waals surface area contributed by atoms with Gasteiger partial charge in [0.15, 0.2) is 0 Å². The standard InChI is InChI=1S/C11H11NO3/c13-11(14)9-5-3-4-8(12-9)10-6-1-2-7-15-10/h1-5,10H,6-7H2,(H,13,14). The number of hydrogen-bond acceptors (Lipinski definition) is 3. The maximum Gasteiger partial charge on any atom is 0.354 e. The summed E-state index contributed by atoms with van der Waals surface area (Å²) in [6.45, 7) is 0.559. The first-order chi connectivity index (χ1) is 7.27. The summed E-state index contributed by atoms with van der Waals surface area (Å²) in [7, 11) is 0. The fourth-order valence-electron chi connectivity index (χ4n) is 1.48. The highest BCUT2D eigenvalue weighted by molar-refractivity contribution is 5.85. The molecule has 0 fully saturated rings. The molecule has 0 saturated carbocycles. The van der Waals surface area contributed by atoms with Crippen LogP contribution in [0.5, 0.6) is 0 Å². The summed E-state index contributed by atoms with van der Waals surface area (Å²) in [5, 5.41) is 8.79. The molecular weight excluding hydrogens is 194 g/mol. The second kappa shape index (κ2) is 4.23. The Labute approximate surface area is 87.2 Å². The van der Waals surface area contributed by atoms with E-state index in [0.29, 0.717) is 12.3 Å². The van der Waals surface area contributed by atoms with Crippen molar-refractivity contribution < 1.29 is 14.6 Å². The molecule has 0 radical (unpaired) electrons. The number of aromatic carboxylic acids is 1. The van der Waals surface area contributed by atoms with Crippen molar-refractivity contribution in [3.63, 3.8) is 0 Å². The van der Waals surface area contributed by atoms with Crippen molar-refractivity contribution in [3.8, 4) is 0 Å². The van der Waals surface area contributed by atoms with E-state index in [1.807, 2.05) is 12.2 Å². The summed E-state index contributed by atoms with van der Waals surface area (Å²) < 4.78 is 5.46. The number of hydrogen-bond donors (Lipinski definition) is 1. The SMILES string of the molecule is O=C(O)c1cccc(C2CC=CCO2)n1. The lowest BCUT2D eigenvalue weighted by atomic mass is 10.1. The van der Waals surface area contributed by atoms with Gasteiger partial charge in [-0.25, -0.2) is 9.78 Å². The highest BCUT2D eigenvalue weighted by atomic mass is 16.5. The van der Waals surface area contributed by atoms with E-state index in [-0.39, 0.29) is 11.8 Å². The van der Waals surface area contributed by atoms with Gasteiger partial charge in [0.25, 0.3) is 0 Å². The molecule has 2 heterocycles. The van der Waals surface area contributed by atoms with Crippen molar-refractivity contribution in [2.45, 2.75) is 12.5 Å². The molecule has 1 aliphatic rings. The van der Waals surface area contributed by atoms with Crippen LogP contribution >= 0.6 is 0 Å². The first-order valence-corrected chi connectivity index (χ1v) is 4.74. The molecule has 1 aromatic heterocycles. The molecule has 0 bridgehead atoms. The van der Waals surface area contributed by atoms with E-state index < -0.39 is 5.97 Å². The Morgan fingerprint density at radius 3 is 3.00 bits per heavy atom. The van der Waals surface area contributed by atoms with Crippen LogP contribution in [-0.2, 0) is 4.74 Å². The molecule has 4 heteroatoms. The van der Waals surface area contributed by atoms with Crippen LogP contribution in [0.4, 0.5) is 0 Å². The lowest BCUT2D eigenvalue weighted by Gasteiger charge is -2.18. The number of pyridine rings is 1. The van der Waals surface area contributed by atoms with Gasteiger partial charge in [0.1, 0.15) is 11.8 Å². The molecule has 2 rings (SSSR count). The predicted molar refractivity (Wildman–Crippen MR) is 53.6 cm³/mol. The quantitative estimate of drug-likeness (QED) is 0.748. The first kappa shape index (κ1) is 9.86. The number of nitrogens with zero attached hydrogens (tertiary/aromatic N) is 1. The van der Waals surface area contributed by atoms with Crippen molar-refractivity contribution in [1.29, 1.82) is 0 Å². The van der Waals surface area contributed by atoms with Crippen molar-refractivity contribution >= 4 is 5.97 Å². The molecule has 0 aromatic carbocycles. The van der Waals surface area contributed by atoms with Gasteiger partial charge < -0.3 is 9.84 Å². The van der Waals surface area contributed by atoms with Crippen molar-refractivity contribution in [1.82, 2.24) is 4.98 Å².